The summed E-state index contributed by atoms with van der Waals surface area (Å²) < 4.78 is 18.8. The van der Waals surface area contributed by atoms with Crippen LogP contribution in [0.2, 0.25) is 0 Å². The zero-order chi connectivity index (χ0) is 36.0. The SMILES string of the molecule is C[C@@H](OCc1ccccc1)[C@@H]1NC(=O)[C@@H](NC(=O)OC(C)(C)C)Cc2cc(I)c(O)c(c2)Oc2c(Br)cc(cc2Br)C[C@@H](C(=O)O)NC1=O. The molecule has 0 aromatic heterocycles. The molecule has 3 amide bonds. The third-order valence-corrected chi connectivity index (χ3v) is 9.27. The van der Waals surface area contributed by atoms with Crippen LogP contribution in [0.15, 0.2) is 63.5 Å². The lowest BCUT2D eigenvalue weighted by molar-refractivity contribution is -0.143. The Morgan fingerprint density at radius 2 is 1.65 bits per heavy atom. The Morgan fingerprint density at radius 1 is 1.02 bits per heavy atom. The summed E-state index contributed by atoms with van der Waals surface area (Å²) in [6.45, 7) is 6.71. The van der Waals surface area contributed by atoms with Crippen molar-refractivity contribution in [3.63, 3.8) is 0 Å². The third-order valence-electron chi connectivity index (χ3n) is 7.27. The smallest absolute Gasteiger partial charge is 0.408 e. The number of carbonyl (C=O) groups is 4. The summed E-state index contributed by atoms with van der Waals surface area (Å²) in [4.78, 5) is 53.2. The van der Waals surface area contributed by atoms with Crippen molar-refractivity contribution >= 4 is 78.3 Å². The van der Waals surface area contributed by atoms with Gasteiger partial charge in [-0.3, -0.25) is 9.59 Å². The summed E-state index contributed by atoms with van der Waals surface area (Å²) in [5.41, 5.74) is 0.974. The number of fused-ring (bicyclic) bond motifs is 10. The Bertz CT molecular complexity index is 1700. The molecule has 49 heavy (non-hydrogen) atoms. The van der Waals surface area contributed by atoms with E-state index in [9.17, 15) is 29.4 Å². The first-order chi connectivity index (χ1) is 23.0. The van der Waals surface area contributed by atoms with Crippen LogP contribution in [0.3, 0.4) is 0 Å². The number of halogens is 3. The number of amides is 3. The second-order valence-electron chi connectivity index (χ2n) is 12.4. The van der Waals surface area contributed by atoms with Crippen LogP contribution >= 0.6 is 54.5 Å². The molecule has 0 saturated heterocycles. The molecule has 0 fully saturated rings. The molecule has 3 aromatic carbocycles. The predicted molar refractivity (Wildman–Crippen MR) is 195 cm³/mol. The zero-order valence-corrected chi connectivity index (χ0v) is 32.3. The minimum Gasteiger partial charge on any atom is -0.504 e. The second kappa shape index (κ2) is 16.5. The van der Waals surface area contributed by atoms with E-state index in [0.29, 0.717) is 23.6 Å². The average Bonchev–Trinajstić information content (AvgIpc) is 3.01. The van der Waals surface area contributed by atoms with E-state index in [-0.39, 0.29) is 36.7 Å². The van der Waals surface area contributed by atoms with Gasteiger partial charge in [-0.2, -0.15) is 0 Å². The molecular weight excluding hydrogens is 881 g/mol. The number of nitrogens with one attached hydrogen (secondary N) is 3. The maximum Gasteiger partial charge on any atom is 0.408 e. The lowest BCUT2D eigenvalue weighted by atomic mass is 10.0. The second-order valence-corrected chi connectivity index (χ2v) is 15.3. The van der Waals surface area contributed by atoms with Gasteiger partial charge in [-0.05, 0) is 123 Å². The van der Waals surface area contributed by atoms with E-state index < -0.39 is 53.7 Å². The Hall–Kier alpha value is -3.41. The molecule has 12 nitrogen and oxygen atoms in total. The van der Waals surface area contributed by atoms with E-state index in [4.69, 9.17) is 14.2 Å². The molecule has 5 rings (SSSR count). The summed E-state index contributed by atoms with van der Waals surface area (Å²) >= 11 is 8.88. The topological polar surface area (TPSA) is 173 Å². The fourth-order valence-electron chi connectivity index (χ4n) is 4.90. The van der Waals surface area contributed by atoms with E-state index >= 15 is 0 Å². The van der Waals surface area contributed by atoms with Crippen molar-refractivity contribution in [1.29, 1.82) is 0 Å². The van der Waals surface area contributed by atoms with E-state index in [1.165, 1.54) is 6.07 Å². The van der Waals surface area contributed by atoms with Gasteiger partial charge in [0.15, 0.2) is 17.2 Å². The van der Waals surface area contributed by atoms with Crippen molar-refractivity contribution in [3.05, 3.63) is 83.8 Å². The summed E-state index contributed by atoms with van der Waals surface area (Å²) in [6, 6.07) is 11.6. The molecule has 0 aliphatic carbocycles. The van der Waals surface area contributed by atoms with Gasteiger partial charge in [-0.1, -0.05) is 30.3 Å². The van der Waals surface area contributed by atoms with Gasteiger partial charge in [0.05, 0.1) is 25.2 Å². The summed E-state index contributed by atoms with van der Waals surface area (Å²) in [5.74, 6) is -2.67. The maximum absolute atomic E-state index is 14.0. The van der Waals surface area contributed by atoms with Crippen LogP contribution < -0.4 is 20.7 Å². The molecule has 0 saturated carbocycles. The first-order valence-electron chi connectivity index (χ1n) is 15.2. The van der Waals surface area contributed by atoms with Gasteiger partial charge >= 0.3 is 12.1 Å². The molecule has 0 radical (unpaired) electrons. The van der Waals surface area contributed by atoms with Gasteiger partial charge in [0.25, 0.3) is 0 Å². The van der Waals surface area contributed by atoms with Crippen LogP contribution in [0.5, 0.6) is 17.2 Å². The van der Waals surface area contributed by atoms with Gasteiger partial charge in [0.1, 0.15) is 23.7 Å². The van der Waals surface area contributed by atoms with E-state index in [1.807, 2.05) is 52.9 Å². The molecule has 262 valence electrons. The largest absolute Gasteiger partial charge is 0.504 e. The fourth-order valence-corrected chi connectivity index (χ4v) is 7.01. The number of ether oxygens (including phenoxy) is 3. The van der Waals surface area contributed by atoms with E-state index in [2.05, 4.69) is 47.8 Å². The quantitative estimate of drug-likeness (QED) is 0.187. The number of phenols is 1. The summed E-state index contributed by atoms with van der Waals surface area (Å²) in [7, 11) is 0. The molecule has 2 aliphatic heterocycles. The fraction of sp³-hybridized carbons (Fsp3) is 0.353. The zero-order valence-electron chi connectivity index (χ0n) is 27.0. The Balaban J connectivity index is 1.80. The number of benzene rings is 3. The number of carboxylic acids is 1. The molecule has 2 heterocycles. The highest BCUT2D eigenvalue weighted by atomic mass is 127. The summed E-state index contributed by atoms with van der Waals surface area (Å²) in [6.07, 6.45) is -2.05. The number of carboxylic acid groups (broad SMARTS) is 1. The van der Waals surface area contributed by atoms with Crippen molar-refractivity contribution in [2.24, 2.45) is 0 Å². The highest BCUT2D eigenvalue weighted by molar-refractivity contribution is 14.1. The molecule has 15 heteroatoms. The number of aromatic hydroxyl groups is 1. The molecule has 2 aliphatic rings. The van der Waals surface area contributed by atoms with Crippen molar-refractivity contribution in [2.45, 2.75) is 77.0 Å². The van der Waals surface area contributed by atoms with E-state index in [1.54, 1.807) is 45.9 Å². The number of hydrogen-bond donors (Lipinski definition) is 5. The van der Waals surface area contributed by atoms with Gasteiger partial charge in [-0.15, -0.1) is 0 Å². The molecule has 3 aromatic rings. The van der Waals surface area contributed by atoms with Crippen LogP contribution in [-0.4, -0.2) is 63.9 Å². The van der Waals surface area contributed by atoms with Gasteiger partial charge in [0.2, 0.25) is 11.8 Å². The van der Waals surface area contributed by atoms with Crippen LogP contribution in [0.1, 0.15) is 44.4 Å². The number of hydrogen-bond acceptors (Lipinski definition) is 8. The highest BCUT2D eigenvalue weighted by Crippen LogP contribution is 2.42. The average molecular weight is 917 g/mol. The normalized spacial score (nSPS) is 19.1. The van der Waals surface area contributed by atoms with Gasteiger partial charge < -0.3 is 40.4 Å². The number of phenolic OH excluding ortho intramolecular Hbond substituents is 1. The van der Waals surface area contributed by atoms with Gasteiger partial charge in [-0.25, -0.2) is 9.59 Å². The van der Waals surface area contributed by atoms with Crippen molar-refractivity contribution < 1.29 is 43.6 Å². The number of rotatable bonds is 6. The van der Waals surface area contributed by atoms with Crippen molar-refractivity contribution in [1.82, 2.24) is 16.0 Å². The molecular formula is C34H36Br2IN3O9. The minimum absolute atomic E-state index is 0.0675. The lowest BCUT2D eigenvalue weighted by Crippen LogP contribution is -2.60. The first-order valence-corrected chi connectivity index (χ1v) is 17.8. The highest BCUT2D eigenvalue weighted by Gasteiger charge is 2.35. The Kier molecular flexibility index (Phi) is 13.0. The molecule has 4 bridgehead atoms. The Labute approximate surface area is 314 Å². The first kappa shape index (κ1) is 38.4. The van der Waals surface area contributed by atoms with Crippen molar-refractivity contribution in [2.75, 3.05) is 0 Å². The number of alkyl carbamates (subject to hydrolysis) is 1. The monoisotopic (exact) mass is 915 g/mol. The van der Waals surface area contributed by atoms with Crippen LogP contribution in [0, 0.1) is 3.57 Å². The van der Waals surface area contributed by atoms with Gasteiger partial charge in [0, 0.05) is 12.8 Å². The Morgan fingerprint density at radius 3 is 2.27 bits per heavy atom. The molecule has 0 unspecified atom stereocenters. The number of carbonyl (C=O) groups excluding carboxylic acids is 3. The number of aliphatic carboxylic acids is 1. The summed E-state index contributed by atoms with van der Waals surface area (Å²) in [5, 5.41) is 28.8. The third kappa shape index (κ3) is 10.8. The minimum atomic E-state index is -1.40. The van der Waals surface area contributed by atoms with E-state index in [0.717, 1.165) is 5.56 Å². The maximum atomic E-state index is 14.0. The molecule has 5 N–H and O–H groups in total. The lowest BCUT2D eigenvalue weighted by Gasteiger charge is -2.29. The molecule has 0 spiro atoms. The standard InChI is InChI=1S/C34H36Br2IN3O9/c1-17(47-16-18-8-6-5-7-9-18)27-31(43)38-25(32(44)45)14-19-10-21(35)29(22(36)11-19)48-26-15-20(12-23(37)28(26)41)13-24(30(42)40-27)39-33(46)49-34(2,3)4/h5-12,15,17,24-25,27,41H,13-14,16H2,1-4H3,(H,38,43)(H,39,46)(H,40,42)(H,44,45)/t17-,24+,25+,27+/m1/s1. The van der Waals surface area contributed by atoms with Crippen LogP contribution in [-0.2, 0) is 43.3 Å². The van der Waals surface area contributed by atoms with Crippen LogP contribution in [0.4, 0.5) is 4.79 Å². The van der Waals surface area contributed by atoms with Crippen LogP contribution in [0.25, 0.3) is 0 Å². The molecule has 4 atom stereocenters. The predicted octanol–water partition coefficient (Wildman–Crippen LogP) is 5.97. The van der Waals surface area contributed by atoms with Crippen molar-refractivity contribution in [3.8, 4) is 17.2 Å².